The Labute approximate surface area is 121 Å². The number of benzene rings is 1. The fraction of sp³-hybridized carbons (Fsp3) is 0.0909. The Balaban J connectivity index is 2.67. The Hall–Kier alpha value is -1.04. The molecule has 0 amide bonds. The Morgan fingerprint density at radius 2 is 2.00 bits per heavy atom. The molecular formula is C11H7BrCl2N2O2. The smallest absolute Gasteiger partial charge is 0.309 e. The minimum atomic E-state index is -0.439. The molecule has 0 aliphatic carbocycles. The van der Waals surface area contributed by atoms with E-state index in [2.05, 4.69) is 20.9 Å². The van der Waals surface area contributed by atoms with Crippen molar-refractivity contribution in [3.63, 3.8) is 0 Å². The second-order valence-electron chi connectivity index (χ2n) is 3.67. The first-order valence-corrected chi connectivity index (χ1v) is 6.44. The van der Waals surface area contributed by atoms with Gasteiger partial charge in [0.05, 0.1) is 15.0 Å². The van der Waals surface area contributed by atoms with Gasteiger partial charge in [-0.3, -0.25) is 10.1 Å². The van der Waals surface area contributed by atoms with Crippen molar-refractivity contribution >= 4 is 44.8 Å². The number of nitro groups is 1. The SMILES string of the molecule is Cc1[nH]c(-c2ccc(Cl)c(Cl)c2)c([N+](=O)[O-])c1Br. The number of hydrogen-bond donors (Lipinski definition) is 1. The first-order chi connectivity index (χ1) is 8.41. The Kier molecular flexibility index (Phi) is 3.66. The molecule has 94 valence electrons. The highest BCUT2D eigenvalue weighted by Crippen LogP contribution is 2.39. The molecule has 2 rings (SSSR count). The number of aromatic nitrogens is 1. The van der Waals surface area contributed by atoms with Gasteiger partial charge < -0.3 is 4.98 Å². The zero-order chi connectivity index (χ0) is 13.4. The minimum absolute atomic E-state index is 0.00844. The Bertz CT molecular complexity index is 640. The van der Waals surface area contributed by atoms with Crippen molar-refractivity contribution in [2.24, 2.45) is 0 Å². The summed E-state index contributed by atoms with van der Waals surface area (Å²) < 4.78 is 0.438. The van der Waals surface area contributed by atoms with Gasteiger partial charge in [-0.2, -0.15) is 0 Å². The summed E-state index contributed by atoms with van der Waals surface area (Å²) >= 11 is 14.9. The first-order valence-electron chi connectivity index (χ1n) is 4.89. The molecule has 0 saturated heterocycles. The standard InChI is InChI=1S/C11H7BrCl2N2O2/c1-5-9(12)11(16(17)18)10(15-5)6-2-3-7(13)8(14)4-6/h2-4,15H,1H3. The van der Waals surface area contributed by atoms with Gasteiger partial charge in [0.25, 0.3) is 0 Å². The third-order valence-electron chi connectivity index (χ3n) is 2.48. The van der Waals surface area contributed by atoms with Crippen LogP contribution >= 0.6 is 39.1 Å². The monoisotopic (exact) mass is 348 g/mol. The summed E-state index contributed by atoms with van der Waals surface area (Å²) in [6.45, 7) is 1.75. The van der Waals surface area contributed by atoms with Crippen LogP contribution in [0, 0.1) is 17.0 Å². The summed E-state index contributed by atoms with van der Waals surface area (Å²) in [5, 5.41) is 11.8. The van der Waals surface area contributed by atoms with Crippen molar-refractivity contribution in [2.75, 3.05) is 0 Å². The molecule has 0 bridgehead atoms. The van der Waals surface area contributed by atoms with Gasteiger partial charge in [0, 0.05) is 11.3 Å². The molecule has 0 atom stereocenters. The van der Waals surface area contributed by atoms with E-state index in [0.717, 1.165) is 0 Å². The van der Waals surface area contributed by atoms with E-state index >= 15 is 0 Å². The highest BCUT2D eigenvalue weighted by Gasteiger charge is 2.24. The lowest BCUT2D eigenvalue weighted by molar-refractivity contribution is -0.384. The number of rotatable bonds is 2. The second kappa shape index (κ2) is 4.91. The first kappa shape index (κ1) is 13.4. The lowest BCUT2D eigenvalue weighted by Gasteiger charge is -2.01. The van der Waals surface area contributed by atoms with Gasteiger partial charge in [0.2, 0.25) is 0 Å². The predicted octanol–water partition coefficient (Wildman–Crippen LogP) is 4.97. The maximum absolute atomic E-state index is 11.1. The van der Waals surface area contributed by atoms with Crippen LogP contribution in [0.15, 0.2) is 22.7 Å². The third-order valence-corrected chi connectivity index (χ3v) is 4.19. The maximum Gasteiger partial charge on any atom is 0.309 e. The molecule has 18 heavy (non-hydrogen) atoms. The van der Waals surface area contributed by atoms with Crippen molar-refractivity contribution < 1.29 is 4.92 Å². The van der Waals surface area contributed by atoms with Crippen LogP contribution in [0.3, 0.4) is 0 Å². The number of H-pyrrole nitrogens is 1. The normalized spacial score (nSPS) is 10.7. The highest BCUT2D eigenvalue weighted by molar-refractivity contribution is 9.10. The predicted molar refractivity (Wildman–Crippen MR) is 75.3 cm³/mol. The topological polar surface area (TPSA) is 58.9 Å². The summed E-state index contributed by atoms with van der Waals surface area (Å²) in [5.74, 6) is 0. The molecule has 0 unspecified atom stereocenters. The molecule has 4 nitrogen and oxygen atoms in total. The zero-order valence-electron chi connectivity index (χ0n) is 9.13. The number of aryl methyl sites for hydroxylation is 1. The molecule has 0 aliphatic heterocycles. The molecular weight excluding hydrogens is 343 g/mol. The molecule has 2 aromatic rings. The molecule has 0 fully saturated rings. The fourth-order valence-electron chi connectivity index (χ4n) is 1.62. The fourth-order valence-corrected chi connectivity index (χ4v) is 2.36. The van der Waals surface area contributed by atoms with Gasteiger partial charge in [-0.05, 0) is 35.0 Å². The molecule has 0 aliphatic rings. The van der Waals surface area contributed by atoms with Crippen molar-refractivity contribution in [1.29, 1.82) is 0 Å². The maximum atomic E-state index is 11.1. The molecule has 1 N–H and O–H groups in total. The van der Waals surface area contributed by atoms with Crippen LogP contribution in [0.2, 0.25) is 10.0 Å². The Morgan fingerprint density at radius 3 is 2.56 bits per heavy atom. The average molecular weight is 350 g/mol. The highest BCUT2D eigenvalue weighted by atomic mass is 79.9. The molecule has 1 heterocycles. The number of nitrogens with zero attached hydrogens (tertiary/aromatic N) is 1. The van der Waals surface area contributed by atoms with E-state index in [1.165, 1.54) is 0 Å². The molecule has 0 spiro atoms. The van der Waals surface area contributed by atoms with Crippen molar-refractivity contribution in [1.82, 2.24) is 4.98 Å². The summed E-state index contributed by atoms with van der Waals surface area (Å²) in [5.41, 5.74) is 1.70. The van der Waals surface area contributed by atoms with E-state index in [1.54, 1.807) is 25.1 Å². The van der Waals surface area contributed by atoms with E-state index in [9.17, 15) is 10.1 Å². The van der Waals surface area contributed by atoms with Crippen LogP contribution in [0.5, 0.6) is 0 Å². The van der Waals surface area contributed by atoms with Gasteiger partial charge in [0.1, 0.15) is 10.2 Å². The van der Waals surface area contributed by atoms with E-state index in [4.69, 9.17) is 23.2 Å². The van der Waals surface area contributed by atoms with Crippen LogP contribution in [-0.4, -0.2) is 9.91 Å². The summed E-state index contributed by atoms with van der Waals surface area (Å²) in [7, 11) is 0. The third kappa shape index (κ3) is 2.25. The van der Waals surface area contributed by atoms with E-state index in [-0.39, 0.29) is 5.69 Å². The second-order valence-corrected chi connectivity index (χ2v) is 5.28. The average Bonchev–Trinajstić information content (AvgIpc) is 2.59. The summed E-state index contributed by atoms with van der Waals surface area (Å²) in [4.78, 5) is 13.6. The number of aromatic amines is 1. The number of hydrogen-bond acceptors (Lipinski definition) is 2. The van der Waals surface area contributed by atoms with Gasteiger partial charge in [-0.25, -0.2) is 0 Å². The molecule has 0 saturated carbocycles. The lowest BCUT2D eigenvalue weighted by Crippen LogP contribution is -1.90. The zero-order valence-corrected chi connectivity index (χ0v) is 12.2. The van der Waals surface area contributed by atoms with Crippen LogP contribution in [0.4, 0.5) is 5.69 Å². The minimum Gasteiger partial charge on any atom is -0.352 e. The van der Waals surface area contributed by atoms with Gasteiger partial charge in [-0.15, -0.1) is 0 Å². The van der Waals surface area contributed by atoms with Gasteiger partial charge in [-0.1, -0.05) is 29.3 Å². The van der Waals surface area contributed by atoms with Crippen LogP contribution in [-0.2, 0) is 0 Å². The van der Waals surface area contributed by atoms with Gasteiger partial charge in [0.15, 0.2) is 0 Å². The molecule has 7 heteroatoms. The quantitative estimate of drug-likeness (QED) is 0.614. The van der Waals surface area contributed by atoms with E-state index < -0.39 is 4.92 Å². The molecule has 1 aromatic heterocycles. The largest absolute Gasteiger partial charge is 0.352 e. The number of nitrogens with one attached hydrogen (secondary N) is 1. The van der Waals surface area contributed by atoms with Gasteiger partial charge >= 0.3 is 5.69 Å². The van der Waals surface area contributed by atoms with Crippen molar-refractivity contribution in [3.8, 4) is 11.3 Å². The van der Waals surface area contributed by atoms with Crippen molar-refractivity contribution in [3.05, 3.63) is 48.5 Å². The van der Waals surface area contributed by atoms with E-state index in [1.807, 2.05) is 0 Å². The van der Waals surface area contributed by atoms with Crippen LogP contribution in [0.1, 0.15) is 5.69 Å². The Morgan fingerprint density at radius 1 is 1.33 bits per heavy atom. The molecule has 0 radical (unpaired) electrons. The van der Waals surface area contributed by atoms with Crippen LogP contribution < -0.4 is 0 Å². The molecule has 1 aromatic carbocycles. The van der Waals surface area contributed by atoms with Crippen LogP contribution in [0.25, 0.3) is 11.3 Å². The summed E-state index contributed by atoms with van der Waals surface area (Å²) in [6.07, 6.45) is 0. The lowest BCUT2D eigenvalue weighted by atomic mass is 10.1. The van der Waals surface area contributed by atoms with E-state index in [0.29, 0.717) is 31.5 Å². The number of halogens is 3. The summed E-state index contributed by atoms with van der Waals surface area (Å²) in [6, 6.07) is 4.88. The van der Waals surface area contributed by atoms with Crippen molar-refractivity contribution in [2.45, 2.75) is 6.92 Å².